The van der Waals surface area contributed by atoms with Crippen molar-refractivity contribution in [3.63, 3.8) is 0 Å². The number of carbonyl (C=O) groups is 1. The van der Waals surface area contributed by atoms with E-state index in [1.165, 1.54) is 7.11 Å². The summed E-state index contributed by atoms with van der Waals surface area (Å²) in [4.78, 5) is 10.9. The van der Waals surface area contributed by atoms with Gasteiger partial charge in [0.25, 0.3) is 0 Å². The molecule has 0 radical (unpaired) electrons. The highest BCUT2D eigenvalue weighted by Gasteiger charge is 2.12. The Hall–Kier alpha value is -1.04. The second kappa shape index (κ2) is 7.29. The molecule has 0 unspecified atom stereocenters. The van der Waals surface area contributed by atoms with Gasteiger partial charge >= 0.3 is 0 Å². The lowest BCUT2D eigenvalue weighted by atomic mass is 10.2. The van der Waals surface area contributed by atoms with Crippen LogP contribution in [0, 0.1) is 0 Å². The molecule has 0 aliphatic rings. The molecule has 110 valence electrons. The first-order valence-corrected chi connectivity index (χ1v) is 7.91. The van der Waals surface area contributed by atoms with E-state index in [1.54, 1.807) is 12.1 Å². The Morgan fingerprint density at radius 2 is 2.00 bits per heavy atom. The molecule has 2 aromatic rings. The largest absolute Gasteiger partial charge is 0.493 e. The second-order valence-electron chi connectivity index (χ2n) is 4.18. The van der Waals surface area contributed by atoms with Crippen LogP contribution in [0.25, 0.3) is 0 Å². The third kappa shape index (κ3) is 3.99. The number of ether oxygens (including phenoxy) is 2. The molecular formula is C15H11Br2ClO3. The van der Waals surface area contributed by atoms with Crippen LogP contribution in [0.15, 0.2) is 39.3 Å². The molecule has 0 fully saturated rings. The fourth-order valence-corrected chi connectivity index (χ4v) is 3.04. The maximum atomic E-state index is 10.9. The topological polar surface area (TPSA) is 35.5 Å². The summed E-state index contributed by atoms with van der Waals surface area (Å²) in [6.45, 7) is 0.293. The van der Waals surface area contributed by atoms with Gasteiger partial charge in [-0.2, -0.15) is 0 Å². The predicted octanol–water partition coefficient (Wildman–Crippen LogP) is 5.27. The molecule has 6 heteroatoms. The molecule has 0 heterocycles. The highest BCUT2D eigenvalue weighted by molar-refractivity contribution is 9.10. The van der Waals surface area contributed by atoms with Gasteiger partial charge in [0.15, 0.2) is 11.5 Å². The molecule has 2 rings (SSSR count). The molecule has 21 heavy (non-hydrogen) atoms. The first kappa shape index (κ1) is 16.3. The van der Waals surface area contributed by atoms with Gasteiger partial charge in [-0.3, -0.25) is 4.79 Å². The molecule has 0 aliphatic carbocycles. The summed E-state index contributed by atoms with van der Waals surface area (Å²) in [6, 6.07) is 8.88. The Morgan fingerprint density at radius 1 is 1.24 bits per heavy atom. The van der Waals surface area contributed by atoms with E-state index in [4.69, 9.17) is 21.1 Å². The smallest absolute Gasteiger partial charge is 0.175 e. The average molecular weight is 435 g/mol. The van der Waals surface area contributed by atoms with Crippen molar-refractivity contribution in [1.82, 2.24) is 0 Å². The van der Waals surface area contributed by atoms with Gasteiger partial charge in [0.1, 0.15) is 12.9 Å². The van der Waals surface area contributed by atoms with Crippen LogP contribution < -0.4 is 9.47 Å². The number of hydrogen-bond donors (Lipinski definition) is 0. The van der Waals surface area contributed by atoms with Crippen LogP contribution in [-0.2, 0) is 6.61 Å². The van der Waals surface area contributed by atoms with E-state index in [0.29, 0.717) is 33.2 Å². The molecule has 0 spiro atoms. The van der Waals surface area contributed by atoms with Gasteiger partial charge < -0.3 is 9.47 Å². The van der Waals surface area contributed by atoms with Crippen LogP contribution in [-0.4, -0.2) is 13.4 Å². The number of benzene rings is 2. The van der Waals surface area contributed by atoms with Crippen LogP contribution in [0.5, 0.6) is 11.5 Å². The summed E-state index contributed by atoms with van der Waals surface area (Å²) in [7, 11) is 1.52. The lowest BCUT2D eigenvalue weighted by molar-refractivity contribution is 0.112. The first-order chi connectivity index (χ1) is 10.0. The van der Waals surface area contributed by atoms with Gasteiger partial charge in [-0.05, 0) is 40.2 Å². The first-order valence-electron chi connectivity index (χ1n) is 5.94. The van der Waals surface area contributed by atoms with Gasteiger partial charge in [-0.15, -0.1) is 0 Å². The standard InChI is InChI=1S/C15H11Br2ClO3/c1-20-14-5-9(7-19)4-12(17)15(14)21-8-10-2-3-11(16)6-13(10)18/h2-7H,8H2,1H3. The Balaban J connectivity index is 2.25. The third-order valence-corrected chi connectivity index (χ3v) is 4.21. The molecule has 2 aromatic carbocycles. The van der Waals surface area contributed by atoms with E-state index in [0.717, 1.165) is 16.3 Å². The molecule has 0 aromatic heterocycles. The molecule has 0 saturated heterocycles. The van der Waals surface area contributed by atoms with E-state index >= 15 is 0 Å². The second-order valence-corrected chi connectivity index (χ2v) is 6.35. The zero-order chi connectivity index (χ0) is 15.4. The predicted molar refractivity (Wildman–Crippen MR) is 89.6 cm³/mol. The third-order valence-electron chi connectivity index (χ3n) is 2.77. The molecule has 0 amide bonds. The Labute approximate surface area is 144 Å². The van der Waals surface area contributed by atoms with Crippen LogP contribution in [0.4, 0.5) is 0 Å². The van der Waals surface area contributed by atoms with Crippen LogP contribution in [0.1, 0.15) is 15.9 Å². The molecular weight excluding hydrogens is 423 g/mol. The maximum absolute atomic E-state index is 10.9. The van der Waals surface area contributed by atoms with Gasteiger partial charge in [0.2, 0.25) is 0 Å². The number of halogens is 3. The molecule has 3 nitrogen and oxygen atoms in total. The molecule has 0 bridgehead atoms. The minimum Gasteiger partial charge on any atom is -0.493 e. The summed E-state index contributed by atoms with van der Waals surface area (Å²) < 4.78 is 12.6. The van der Waals surface area contributed by atoms with Crippen LogP contribution >= 0.6 is 43.5 Å². The Morgan fingerprint density at radius 3 is 2.62 bits per heavy atom. The number of carbonyl (C=O) groups excluding carboxylic acids is 1. The van der Waals surface area contributed by atoms with E-state index in [9.17, 15) is 4.79 Å². The molecule has 0 atom stereocenters. The maximum Gasteiger partial charge on any atom is 0.175 e. The lowest BCUT2D eigenvalue weighted by Gasteiger charge is -2.14. The molecule has 0 saturated carbocycles. The van der Waals surface area contributed by atoms with Gasteiger partial charge in [0.05, 0.1) is 11.6 Å². The highest BCUT2D eigenvalue weighted by Crippen LogP contribution is 2.37. The van der Waals surface area contributed by atoms with Crippen molar-refractivity contribution in [1.29, 1.82) is 0 Å². The SMILES string of the molecule is COc1cc(C=O)cc(Br)c1OCc1ccc(Br)cc1Cl. The summed E-state index contributed by atoms with van der Waals surface area (Å²) >= 11 is 12.9. The van der Waals surface area contributed by atoms with Crippen molar-refractivity contribution in [3.05, 3.63) is 55.4 Å². The molecule has 0 N–H and O–H groups in total. The average Bonchev–Trinajstić information content (AvgIpc) is 2.46. The van der Waals surface area contributed by atoms with E-state index in [2.05, 4.69) is 31.9 Å². The van der Waals surface area contributed by atoms with Crippen molar-refractivity contribution in [2.75, 3.05) is 7.11 Å². The summed E-state index contributed by atoms with van der Waals surface area (Å²) in [6.07, 6.45) is 0.753. The lowest BCUT2D eigenvalue weighted by Crippen LogP contribution is -2.00. The van der Waals surface area contributed by atoms with Crippen molar-refractivity contribution in [3.8, 4) is 11.5 Å². The zero-order valence-electron chi connectivity index (χ0n) is 11.0. The van der Waals surface area contributed by atoms with Gasteiger partial charge in [0, 0.05) is 20.6 Å². The summed E-state index contributed by atoms with van der Waals surface area (Å²) in [5, 5.41) is 0.615. The fraction of sp³-hybridized carbons (Fsp3) is 0.133. The van der Waals surface area contributed by atoms with Crippen LogP contribution in [0.3, 0.4) is 0 Å². The summed E-state index contributed by atoms with van der Waals surface area (Å²) in [5.41, 5.74) is 1.36. The summed E-state index contributed by atoms with van der Waals surface area (Å²) in [5.74, 6) is 1.02. The Kier molecular flexibility index (Phi) is 5.67. The number of rotatable bonds is 5. The minimum absolute atomic E-state index is 0.293. The number of methoxy groups -OCH3 is 1. The monoisotopic (exact) mass is 432 g/mol. The zero-order valence-corrected chi connectivity index (χ0v) is 15.0. The van der Waals surface area contributed by atoms with Crippen molar-refractivity contribution >= 4 is 49.7 Å². The van der Waals surface area contributed by atoms with Crippen LogP contribution in [0.2, 0.25) is 5.02 Å². The van der Waals surface area contributed by atoms with Gasteiger partial charge in [-0.1, -0.05) is 33.6 Å². The highest BCUT2D eigenvalue weighted by atomic mass is 79.9. The van der Waals surface area contributed by atoms with Crippen molar-refractivity contribution in [2.45, 2.75) is 6.61 Å². The van der Waals surface area contributed by atoms with Crippen molar-refractivity contribution in [2.24, 2.45) is 0 Å². The van der Waals surface area contributed by atoms with Crippen molar-refractivity contribution < 1.29 is 14.3 Å². The van der Waals surface area contributed by atoms with Gasteiger partial charge in [-0.25, -0.2) is 0 Å². The fourth-order valence-electron chi connectivity index (χ4n) is 1.74. The Bertz CT molecular complexity index is 674. The van der Waals surface area contributed by atoms with E-state index in [1.807, 2.05) is 18.2 Å². The minimum atomic E-state index is 0.293. The molecule has 0 aliphatic heterocycles. The van der Waals surface area contributed by atoms with E-state index < -0.39 is 0 Å². The number of hydrogen-bond acceptors (Lipinski definition) is 3. The number of aldehydes is 1. The quantitative estimate of drug-likeness (QED) is 0.602. The normalized spacial score (nSPS) is 10.3. The van der Waals surface area contributed by atoms with E-state index in [-0.39, 0.29) is 0 Å².